The maximum absolute atomic E-state index is 12.6. The van der Waals surface area contributed by atoms with E-state index in [0.29, 0.717) is 28.6 Å². The Labute approximate surface area is 165 Å². The summed E-state index contributed by atoms with van der Waals surface area (Å²) in [7, 11) is 1.69. The summed E-state index contributed by atoms with van der Waals surface area (Å²) in [6.45, 7) is 6.34. The van der Waals surface area contributed by atoms with Crippen LogP contribution in [0, 0.1) is 13.8 Å². The quantitative estimate of drug-likeness (QED) is 0.501. The van der Waals surface area contributed by atoms with Gasteiger partial charge in [-0.3, -0.25) is 14.2 Å². The number of thioether (sulfide) groups is 1. The van der Waals surface area contributed by atoms with Crippen LogP contribution in [0.2, 0.25) is 0 Å². The number of hydrogen-bond donors (Lipinski definition) is 1. The second kappa shape index (κ2) is 8.14. The molecule has 0 saturated heterocycles. The molecule has 2 aromatic heterocycles. The van der Waals surface area contributed by atoms with Crippen molar-refractivity contribution in [2.45, 2.75) is 25.9 Å². The fraction of sp³-hybridized carbons (Fsp3) is 0.316. The maximum Gasteiger partial charge on any atom is 0.262 e. The van der Waals surface area contributed by atoms with Crippen molar-refractivity contribution >= 4 is 44.9 Å². The van der Waals surface area contributed by atoms with E-state index < -0.39 is 0 Å². The molecule has 1 aromatic carbocycles. The van der Waals surface area contributed by atoms with Crippen molar-refractivity contribution in [3.8, 4) is 5.75 Å². The Balaban J connectivity index is 1.76. The Bertz CT molecular complexity index is 1060. The zero-order valence-corrected chi connectivity index (χ0v) is 17.3. The third kappa shape index (κ3) is 4.01. The number of rotatable bonds is 6. The molecular formula is C19H21N3O3S2. The second-order valence-corrected chi connectivity index (χ2v) is 8.13. The number of carbonyl (C=O) groups is 1. The number of fused-ring (bicyclic) bond motifs is 1. The second-order valence-electron chi connectivity index (χ2n) is 5.99. The van der Waals surface area contributed by atoms with Crippen molar-refractivity contribution in [1.82, 2.24) is 9.55 Å². The molecule has 0 unspecified atom stereocenters. The number of ether oxygens (including phenoxy) is 1. The maximum atomic E-state index is 12.6. The molecule has 2 heterocycles. The molecule has 3 rings (SSSR count). The van der Waals surface area contributed by atoms with Crippen LogP contribution in [0.4, 0.5) is 5.69 Å². The molecule has 3 aromatic rings. The summed E-state index contributed by atoms with van der Waals surface area (Å²) in [5.74, 6) is 0.602. The summed E-state index contributed by atoms with van der Waals surface area (Å²) in [4.78, 5) is 31.4. The molecule has 0 spiro atoms. The fourth-order valence-corrected chi connectivity index (χ4v) is 4.50. The Morgan fingerprint density at radius 2 is 2.07 bits per heavy atom. The number of anilines is 1. The Hall–Kier alpha value is -2.32. The van der Waals surface area contributed by atoms with Crippen LogP contribution in [0.1, 0.15) is 17.4 Å². The molecule has 1 amide bonds. The topological polar surface area (TPSA) is 73.2 Å². The molecule has 27 heavy (non-hydrogen) atoms. The number of nitrogens with one attached hydrogen (secondary N) is 1. The molecule has 6 nitrogen and oxygen atoms in total. The number of aromatic nitrogens is 2. The van der Waals surface area contributed by atoms with E-state index in [2.05, 4.69) is 10.3 Å². The highest BCUT2D eigenvalue weighted by Gasteiger charge is 2.16. The first-order chi connectivity index (χ1) is 12.9. The summed E-state index contributed by atoms with van der Waals surface area (Å²) in [5, 5.41) is 4.05. The zero-order chi connectivity index (χ0) is 19.6. The molecule has 0 atom stereocenters. The van der Waals surface area contributed by atoms with Gasteiger partial charge in [-0.25, -0.2) is 4.98 Å². The minimum atomic E-state index is -0.181. The van der Waals surface area contributed by atoms with Gasteiger partial charge in [0, 0.05) is 11.9 Å². The normalized spacial score (nSPS) is 11.0. The SMILES string of the molecule is CCOc1ccccc1NC(=O)CSc1nc2sc(C)c(C)c2c(=O)n1C. The van der Waals surface area contributed by atoms with E-state index in [1.54, 1.807) is 13.1 Å². The number of benzene rings is 1. The van der Waals surface area contributed by atoms with Crippen molar-refractivity contribution in [3.05, 3.63) is 45.1 Å². The Morgan fingerprint density at radius 1 is 1.33 bits per heavy atom. The number of amides is 1. The monoisotopic (exact) mass is 403 g/mol. The van der Waals surface area contributed by atoms with E-state index in [1.165, 1.54) is 27.7 Å². The molecule has 1 N–H and O–H groups in total. The first-order valence-corrected chi connectivity index (χ1v) is 10.3. The predicted molar refractivity (Wildman–Crippen MR) is 111 cm³/mol. The molecule has 0 aliphatic carbocycles. The van der Waals surface area contributed by atoms with Gasteiger partial charge in [-0.2, -0.15) is 0 Å². The highest BCUT2D eigenvalue weighted by atomic mass is 32.2. The van der Waals surface area contributed by atoms with Crippen molar-refractivity contribution in [2.24, 2.45) is 7.05 Å². The highest BCUT2D eigenvalue weighted by molar-refractivity contribution is 7.99. The standard InChI is InChI=1S/C19H21N3O3S2/c1-5-25-14-9-7-6-8-13(14)20-15(23)10-26-19-21-17-16(18(24)22(19)4)11(2)12(3)27-17/h6-9H,5,10H2,1-4H3,(H,20,23). The van der Waals surface area contributed by atoms with Crippen LogP contribution >= 0.6 is 23.1 Å². The van der Waals surface area contributed by atoms with E-state index in [4.69, 9.17) is 4.74 Å². The van der Waals surface area contributed by atoms with Crippen LogP contribution in [0.5, 0.6) is 5.75 Å². The number of carbonyl (C=O) groups excluding carboxylic acids is 1. The molecule has 0 fully saturated rings. The summed E-state index contributed by atoms with van der Waals surface area (Å²) >= 11 is 2.75. The molecule has 0 saturated carbocycles. The van der Waals surface area contributed by atoms with Gasteiger partial charge in [-0.15, -0.1) is 11.3 Å². The average molecular weight is 404 g/mol. The lowest BCUT2D eigenvalue weighted by Crippen LogP contribution is -2.21. The Morgan fingerprint density at radius 3 is 2.81 bits per heavy atom. The third-order valence-electron chi connectivity index (χ3n) is 4.16. The number of thiophene rings is 1. The largest absolute Gasteiger partial charge is 0.492 e. The number of aryl methyl sites for hydroxylation is 2. The van der Waals surface area contributed by atoms with Gasteiger partial charge >= 0.3 is 0 Å². The predicted octanol–water partition coefficient (Wildman–Crippen LogP) is 3.74. The van der Waals surface area contributed by atoms with E-state index in [9.17, 15) is 9.59 Å². The average Bonchev–Trinajstić information content (AvgIpc) is 2.93. The number of hydrogen-bond acceptors (Lipinski definition) is 6. The van der Waals surface area contributed by atoms with Gasteiger partial charge in [0.15, 0.2) is 5.16 Å². The van der Waals surface area contributed by atoms with Gasteiger partial charge in [0.2, 0.25) is 5.91 Å². The van der Waals surface area contributed by atoms with Gasteiger partial charge in [0.05, 0.1) is 23.4 Å². The lowest BCUT2D eigenvalue weighted by molar-refractivity contribution is -0.113. The molecule has 0 aliphatic heterocycles. The lowest BCUT2D eigenvalue weighted by Gasteiger charge is -2.11. The van der Waals surface area contributed by atoms with E-state index in [-0.39, 0.29) is 17.2 Å². The van der Waals surface area contributed by atoms with E-state index in [1.807, 2.05) is 39.0 Å². The highest BCUT2D eigenvalue weighted by Crippen LogP contribution is 2.28. The lowest BCUT2D eigenvalue weighted by atomic mass is 10.2. The first-order valence-electron chi connectivity index (χ1n) is 8.53. The number of para-hydroxylation sites is 2. The molecule has 0 radical (unpaired) electrons. The van der Waals surface area contributed by atoms with Gasteiger partial charge in [-0.1, -0.05) is 23.9 Å². The summed E-state index contributed by atoms with van der Waals surface area (Å²) in [5.41, 5.74) is 1.53. The molecule has 8 heteroatoms. The van der Waals surface area contributed by atoms with Crippen LogP contribution in [0.15, 0.2) is 34.2 Å². The third-order valence-corrected chi connectivity index (χ3v) is 6.29. The minimum Gasteiger partial charge on any atom is -0.492 e. The molecule has 142 valence electrons. The van der Waals surface area contributed by atoms with Gasteiger partial charge < -0.3 is 10.1 Å². The van der Waals surface area contributed by atoms with Crippen LogP contribution in [-0.2, 0) is 11.8 Å². The Kier molecular flexibility index (Phi) is 5.86. The van der Waals surface area contributed by atoms with Crippen LogP contribution in [-0.4, -0.2) is 27.8 Å². The summed E-state index contributed by atoms with van der Waals surface area (Å²) < 4.78 is 7.03. The number of nitrogens with zero attached hydrogens (tertiary/aromatic N) is 2. The van der Waals surface area contributed by atoms with Crippen LogP contribution < -0.4 is 15.6 Å². The van der Waals surface area contributed by atoms with Crippen LogP contribution in [0.25, 0.3) is 10.2 Å². The van der Waals surface area contributed by atoms with Crippen molar-refractivity contribution < 1.29 is 9.53 Å². The zero-order valence-electron chi connectivity index (χ0n) is 15.7. The van der Waals surface area contributed by atoms with Gasteiger partial charge in [0.1, 0.15) is 10.6 Å². The minimum absolute atomic E-state index is 0.0774. The van der Waals surface area contributed by atoms with Gasteiger partial charge in [-0.05, 0) is 38.5 Å². The molecular weight excluding hydrogens is 382 g/mol. The summed E-state index contributed by atoms with van der Waals surface area (Å²) in [6, 6.07) is 7.30. The van der Waals surface area contributed by atoms with Crippen molar-refractivity contribution in [1.29, 1.82) is 0 Å². The van der Waals surface area contributed by atoms with Crippen LogP contribution in [0.3, 0.4) is 0 Å². The first kappa shape index (κ1) is 19.4. The summed E-state index contributed by atoms with van der Waals surface area (Å²) in [6.07, 6.45) is 0. The van der Waals surface area contributed by atoms with Crippen molar-refractivity contribution in [2.75, 3.05) is 17.7 Å². The van der Waals surface area contributed by atoms with E-state index >= 15 is 0 Å². The van der Waals surface area contributed by atoms with Gasteiger partial charge in [0.25, 0.3) is 5.56 Å². The van der Waals surface area contributed by atoms with Crippen molar-refractivity contribution in [3.63, 3.8) is 0 Å². The smallest absolute Gasteiger partial charge is 0.262 e. The fourth-order valence-electron chi connectivity index (χ4n) is 2.65. The van der Waals surface area contributed by atoms with E-state index in [0.717, 1.165) is 15.3 Å². The molecule has 0 aliphatic rings. The molecule has 0 bridgehead atoms.